The van der Waals surface area contributed by atoms with Crippen LogP contribution in [0.15, 0.2) is 23.2 Å². The van der Waals surface area contributed by atoms with Crippen LogP contribution in [0.1, 0.15) is 37.3 Å². The summed E-state index contributed by atoms with van der Waals surface area (Å²) >= 11 is 0. The molecule has 3 N–H and O–H groups in total. The molecule has 1 fully saturated rings. The molecule has 0 aromatic heterocycles. The van der Waals surface area contributed by atoms with Gasteiger partial charge in [-0.15, -0.1) is 24.0 Å². The Morgan fingerprint density at radius 3 is 2.96 bits per heavy atom. The predicted octanol–water partition coefficient (Wildman–Crippen LogP) is 2.58. The summed E-state index contributed by atoms with van der Waals surface area (Å²) in [4.78, 5) is 4.50. The second kappa shape index (κ2) is 14.1. The number of ether oxygens (including phenoxy) is 2. The standard InChI is InChI=1S/C19H30FN3O3.HI/c1-2-21-19(22-8-4-9-25-14-17-5-3-10-26-17)23-12-15-6-7-18(20)16(11-15)13-24;/h6-7,11,17,24H,2-5,8-10,12-14H2,1H3,(H2,21,22,23);1H. The third kappa shape index (κ3) is 9.18. The van der Waals surface area contributed by atoms with Crippen LogP contribution in [0.5, 0.6) is 0 Å². The monoisotopic (exact) mass is 495 g/mol. The molecule has 0 amide bonds. The molecule has 154 valence electrons. The highest BCUT2D eigenvalue weighted by atomic mass is 127. The van der Waals surface area contributed by atoms with Gasteiger partial charge in [0.05, 0.1) is 25.9 Å². The van der Waals surface area contributed by atoms with Crippen LogP contribution >= 0.6 is 24.0 Å². The minimum atomic E-state index is -0.395. The van der Waals surface area contributed by atoms with Gasteiger partial charge in [0.1, 0.15) is 5.82 Å². The predicted molar refractivity (Wildman–Crippen MR) is 115 cm³/mol. The Hall–Kier alpha value is -0.970. The van der Waals surface area contributed by atoms with Crippen LogP contribution in [0.4, 0.5) is 4.39 Å². The van der Waals surface area contributed by atoms with Crippen molar-refractivity contribution in [3.63, 3.8) is 0 Å². The van der Waals surface area contributed by atoms with E-state index in [1.807, 2.05) is 6.92 Å². The Labute approximate surface area is 177 Å². The smallest absolute Gasteiger partial charge is 0.191 e. The second-order valence-electron chi connectivity index (χ2n) is 6.27. The first kappa shape index (κ1) is 24.1. The number of aliphatic hydroxyl groups is 1. The fraction of sp³-hybridized carbons (Fsp3) is 0.632. The molecule has 1 saturated heterocycles. The van der Waals surface area contributed by atoms with Gasteiger partial charge in [0, 0.05) is 31.9 Å². The minimum absolute atomic E-state index is 0. The van der Waals surface area contributed by atoms with Crippen LogP contribution in [-0.2, 0) is 22.6 Å². The van der Waals surface area contributed by atoms with E-state index >= 15 is 0 Å². The number of aliphatic hydroxyl groups excluding tert-OH is 1. The topological polar surface area (TPSA) is 75.1 Å². The Bertz CT molecular complexity index is 569. The van der Waals surface area contributed by atoms with E-state index in [1.165, 1.54) is 6.07 Å². The van der Waals surface area contributed by atoms with Gasteiger partial charge in [-0.25, -0.2) is 9.38 Å². The van der Waals surface area contributed by atoms with E-state index in [9.17, 15) is 4.39 Å². The molecular weight excluding hydrogens is 464 g/mol. The maximum atomic E-state index is 13.4. The van der Waals surface area contributed by atoms with Crippen LogP contribution in [0.3, 0.4) is 0 Å². The summed E-state index contributed by atoms with van der Waals surface area (Å²) in [6.45, 7) is 5.83. The average Bonchev–Trinajstić information content (AvgIpc) is 3.17. The first-order chi connectivity index (χ1) is 12.7. The molecule has 1 aromatic rings. The molecule has 1 atom stereocenters. The second-order valence-corrected chi connectivity index (χ2v) is 6.27. The summed E-state index contributed by atoms with van der Waals surface area (Å²) < 4.78 is 24.6. The molecule has 27 heavy (non-hydrogen) atoms. The van der Waals surface area contributed by atoms with Gasteiger partial charge in [0.25, 0.3) is 0 Å². The van der Waals surface area contributed by atoms with Crippen molar-refractivity contribution in [3.8, 4) is 0 Å². The first-order valence-corrected chi connectivity index (χ1v) is 9.32. The quantitative estimate of drug-likeness (QED) is 0.202. The lowest BCUT2D eigenvalue weighted by atomic mass is 10.1. The normalized spacial score (nSPS) is 16.9. The summed E-state index contributed by atoms with van der Waals surface area (Å²) in [5.41, 5.74) is 1.15. The Morgan fingerprint density at radius 1 is 1.41 bits per heavy atom. The van der Waals surface area contributed by atoms with Crippen LogP contribution in [0.2, 0.25) is 0 Å². The van der Waals surface area contributed by atoms with Gasteiger partial charge in [-0.05, 0) is 43.9 Å². The molecule has 1 aliphatic heterocycles. The van der Waals surface area contributed by atoms with Crippen LogP contribution in [-0.4, -0.2) is 50.1 Å². The molecular formula is C19H31FIN3O3. The number of nitrogens with one attached hydrogen (secondary N) is 2. The molecule has 1 aliphatic rings. The summed E-state index contributed by atoms with van der Waals surface area (Å²) in [6, 6.07) is 4.68. The zero-order valence-electron chi connectivity index (χ0n) is 15.9. The number of hydrogen-bond donors (Lipinski definition) is 3. The highest BCUT2D eigenvalue weighted by molar-refractivity contribution is 14.0. The van der Waals surface area contributed by atoms with Crippen molar-refractivity contribution in [1.82, 2.24) is 10.6 Å². The lowest BCUT2D eigenvalue weighted by Gasteiger charge is -2.13. The molecule has 2 rings (SSSR count). The van der Waals surface area contributed by atoms with Gasteiger partial charge in [-0.2, -0.15) is 0 Å². The highest BCUT2D eigenvalue weighted by Crippen LogP contribution is 2.12. The van der Waals surface area contributed by atoms with E-state index in [0.717, 1.165) is 44.5 Å². The zero-order valence-corrected chi connectivity index (χ0v) is 18.2. The maximum absolute atomic E-state index is 13.4. The van der Waals surface area contributed by atoms with E-state index in [2.05, 4.69) is 15.6 Å². The number of aliphatic imine (C=N–C) groups is 1. The molecule has 0 saturated carbocycles. The van der Waals surface area contributed by atoms with Gasteiger partial charge >= 0.3 is 0 Å². The molecule has 8 heteroatoms. The van der Waals surface area contributed by atoms with Gasteiger partial charge in [-0.1, -0.05) is 6.07 Å². The third-order valence-corrected chi connectivity index (χ3v) is 4.13. The van der Waals surface area contributed by atoms with Crippen molar-refractivity contribution in [1.29, 1.82) is 0 Å². The first-order valence-electron chi connectivity index (χ1n) is 9.32. The third-order valence-electron chi connectivity index (χ3n) is 4.13. The molecule has 0 bridgehead atoms. The summed E-state index contributed by atoms with van der Waals surface area (Å²) in [5.74, 6) is 0.315. The number of guanidine groups is 1. The Balaban J connectivity index is 0.00000364. The van der Waals surface area contributed by atoms with E-state index in [0.29, 0.717) is 31.3 Å². The van der Waals surface area contributed by atoms with E-state index < -0.39 is 5.82 Å². The van der Waals surface area contributed by atoms with Crippen LogP contribution in [0.25, 0.3) is 0 Å². The van der Waals surface area contributed by atoms with Crippen molar-refractivity contribution >= 4 is 29.9 Å². The molecule has 0 aliphatic carbocycles. The molecule has 0 spiro atoms. The van der Waals surface area contributed by atoms with Crippen molar-refractivity contribution in [2.24, 2.45) is 4.99 Å². The molecule has 1 unspecified atom stereocenters. The number of hydrogen-bond acceptors (Lipinski definition) is 4. The van der Waals surface area contributed by atoms with Crippen molar-refractivity contribution in [2.75, 3.05) is 32.9 Å². The number of rotatable bonds is 10. The number of halogens is 2. The largest absolute Gasteiger partial charge is 0.392 e. The minimum Gasteiger partial charge on any atom is -0.392 e. The van der Waals surface area contributed by atoms with Gasteiger partial charge < -0.3 is 25.2 Å². The zero-order chi connectivity index (χ0) is 18.6. The lowest BCUT2D eigenvalue weighted by molar-refractivity contribution is 0.0168. The average molecular weight is 495 g/mol. The summed E-state index contributed by atoms with van der Waals surface area (Å²) in [7, 11) is 0. The van der Waals surface area contributed by atoms with Gasteiger partial charge in [-0.3, -0.25) is 0 Å². The van der Waals surface area contributed by atoms with Gasteiger partial charge in [0.2, 0.25) is 0 Å². The molecule has 6 nitrogen and oxygen atoms in total. The number of nitrogens with zero attached hydrogens (tertiary/aromatic N) is 1. The maximum Gasteiger partial charge on any atom is 0.191 e. The van der Waals surface area contributed by atoms with Crippen LogP contribution in [0, 0.1) is 5.82 Å². The Kier molecular flexibility index (Phi) is 12.6. The summed E-state index contributed by atoms with van der Waals surface area (Å²) in [5, 5.41) is 15.6. The van der Waals surface area contributed by atoms with Gasteiger partial charge in [0.15, 0.2) is 5.96 Å². The highest BCUT2D eigenvalue weighted by Gasteiger charge is 2.14. The van der Waals surface area contributed by atoms with Crippen molar-refractivity contribution in [2.45, 2.75) is 45.4 Å². The fourth-order valence-corrected chi connectivity index (χ4v) is 2.73. The van der Waals surface area contributed by atoms with E-state index in [4.69, 9.17) is 14.6 Å². The molecule has 0 radical (unpaired) electrons. The van der Waals surface area contributed by atoms with Crippen molar-refractivity contribution in [3.05, 3.63) is 35.1 Å². The SMILES string of the molecule is CCNC(=NCc1ccc(F)c(CO)c1)NCCCOCC1CCCO1.I. The van der Waals surface area contributed by atoms with E-state index in [-0.39, 0.29) is 36.7 Å². The Morgan fingerprint density at radius 2 is 2.26 bits per heavy atom. The van der Waals surface area contributed by atoms with E-state index in [1.54, 1.807) is 12.1 Å². The number of benzene rings is 1. The van der Waals surface area contributed by atoms with Crippen LogP contribution < -0.4 is 10.6 Å². The molecule has 1 heterocycles. The molecule has 1 aromatic carbocycles. The fourth-order valence-electron chi connectivity index (χ4n) is 2.73. The summed E-state index contributed by atoms with van der Waals surface area (Å²) in [6.07, 6.45) is 3.37. The van der Waals surface area contributed by atoms with Crippen molar-refractivity contribution < 1.29 is 19.0 Å². The lowest BCUT2D eigenvalue weighted by Crippen LogP contribution is -2.38.